The Morgan fingerprint density at radius 2 is 1.24 bits per heavy atom. The summed E-state index contributed by atoms with van der Waals surface area (Å²) in [5, 5.41) is 10.7. The summed E-state index contributed by atoms with van der Waals surface area (Å²) in [5.74, 6) is 2.59. The number of ether oxygens (including phenoxy) is 1. The van der Waals surface area contributed by atoms with Crippen LogP contribution in [0.15, 0.2) is 109 Å². The lowest BCUT2D eigenvalue weighted by molar-refractivity contribution is 0.463. The minimum Gasteiger partial charge on any atom is -0.507 e. The van der Waals surface area contributed by atoms with E-state index in [1.165, 1.54) is 5.56 Å². The Morgan fingerprint density at radius 1 is 0.585 bits per heavy atom. The number of aromatic nitrogens is 4. The zero-order valence-corrected chi connectivity index (χ0v) is 23.0. The van der Waals surface area contributed by atoms with Gasteiger partial charge in [0.15, 0.2) is 17.5 Å². The van der Waals surface area contributed by atoms with Gasteiger partial charge in [0, 0.05) is 23.4 Å². The molecule has 0 bridgehead atoms. The zero-order valence-electron chi connectivity index (χ0n) is 23.0. The summed E-state index contributed by atoms with van der Waals surface area (Å²) in [6.45, 7) is 6.20. The molecule has 0 amide bonds. The molecule has 1 N–H and O–H groups in total. The van der Waals surface area contributed by atoms with Gasteiger partial charge in [0.2, 0.25) is 5.88 Å². The van der Waals surface area contributed by atoms with Crippen LogP contribution in [-0.2, 0) is 0 Å². The van der Waals surface area contributed by atoms with Crippen LogP contribution in [0, 0.1) is 20.8 Å². The number of benzene rings is 4. The number of aromatic hydroxyl groups is 1. The second-order valence-electron chi connectivity index (χ2n) is 9.98. The van der Waals surface area contributed by atoms with Gasteiger partial charge in [-0.3, -0.25) is 0 Å². The molecule has 0 atom stereocenters. The highest BCUT2D eigenvalue weighted by Gasteiger charge is 2.18. The smallest absolute Gasteiger partial charge is 0.219 e. The van der Waals surface area contributed by atoms with Crippen LogP contribution in [0.2, 0.25) is 0 Å². The van der Waals surface area contributed by atoms with Gasteiger partial charge < -0.3 is 9.84 Å². The SMILES string of the molecule is Cc1cc(C)c(-c2nc(-c3cc(Oc4ccccn4)cc(-c4ccccc4)c3)nc(-c3ccccc3O)n2)c(C)c1. The lowest BCUT2D eigenvalue weighted by Crippen LogP contribution is -2.03. The number of nitrogens with zero attached hydrogens (tertiary/aromatic N) is 4. The monoisotopic (exact) mass is 536 g/mol. The van der Waals surface area contributed by atoms with E-state index in [9.17, 15) is 5.11 Å². The number of pyridine rings is 1. The summed E-state index contributed by atoms with van der Waals surface area (Å²) in [6.07, 6.45) is 1.69. The first kappa shape index (κ1) is 25.9. The standard InChI is InChI=1S/C35H28N4O2/c1-22-17-23(2)32(24(3)18-22)35-38-33(37-34(39-35)29-13-7-8-14-30(29)40)27-19-26(25-11-5-4-6-12-25)20-28(21-27)41-31-15-9-10-16-36-31/h4-21,40H,1-3H3. The molecule has 2 heterocycles. The quantitative estimate of drug-likeness (QED) is 0.230. The van der Waals surface area contributed by atoms with E-state index in [2.05, 4.69) is 50.0 Å². The molecule has 6 rings (SSSR count). The second-order valence-corrected chi connectivity index (χ2v) is 9.98. The van der Waals surface area contributed by atoms with Crippen LogP contribution in [0.1, 0.15) is 16.7 Å². The van der Waals surface area contributed by atoms with Crippen molar-refractivity contribution in [2.75, 3.05) is 0 Å². The molecule has 0 aliphatic rings. The average molecular weight is 537 g/mol. The fourth-order valence-corrected chi connectivity index (χ4v) is 5.05. The van der Waals surface area contributed by atoms with Crippen LogP contribution in [0.25, 0.3) is 45.3 Å². The maximum atomic E-state index is 10.7. The number of aryl methyl sites for hydroxylation is 3. The molecule has 0 radical (unpaired) electrons. The Bertz CT molecular complexity index is 1830. The molecule has 0 saturated carbocycles. The van der Waals surface area contributed by atoms with Crippen molar-refractivity contribution in [3.63, 3.8) is 0 Å². The van der Waals surface area contributed by atoms with Crippen molar-refractivity contribution in [2.24, 2.45) is 0 Å². The fourth-order valence-electron chi connectivity index (χ4n) is 5.05. The molecule has 200 valence electrons. The molecule has 2 aromatic heterocycles. The maximum Gasteiger partial charge on any atom is 0.219 e. The largest absolute Gasteiger partial charge is 0.507 e. The van der Waals surface area contributed by atoms with Crippen LogP contribution in [0.3, 0.4) is 0 Å². The highest BCUT2D eigenvalue weighted by atomic mass is 16.5. The van der Waals surface area contributed by atoms with Crippen molar-refractivity contribution in [3.05, 3.63) is 126 Å². The van der Waals surface area contributed by atoms with E-state index in [1.54, 1.807) is 18.3 Å². The summed E-state index contributed by atoms with van der Waals surface area (Å²) in [7, 11) is 0. The molecule has 4 aromatic carbocycles. The van der Waals surface area contributed by atoms with Crippen molar-refractivity contribution in [1.82, 2.24) is 19.9 Å². The Hall–Kier alpha value is -5.36. The predicted octanol–water partition coefficient (Wildman–Crippen LogP) is 8.36. The number of rotatable bonds is 6. The van der Waals surface area contributed by atoms with E-state index >= 15 is 0 Å². The molecule has 0 fully saturated rings. The van der Waals surface area contributed by atoms with Crippen LogP contribution < -0.4 is 4.74 Å². The van der Waals surface area contributed by atoms with E-state index in [0.717, 1.165) is 33.4 Å². The third-order valence-electron chi connectivity index (χ3n) is 6.81. The van der Waals surface area contributed by atoms with Crippen molar-refractivity contribution in [2.45, 2.75) is 20.8 Å². The van der Waals surface area contributed by atoms with E-state index < -0.39 is 0 Å². The van der Waals surface area contributed by atoms with Crippen molar-refractivity contribution in [3.8, 4) is 62.7 Å². The molecular formula is C35H28N4O2. The first-order valence-electron chi connectivity index (χ1n) is 13.4. The Morgan fingerprint density at radius 3 is 1.98 bits per heavy atom. The van der Waals surface area contributed by atoms with E-state index in [4.69, 9.17) is 19.7 Å². The third-order valence-corrected chi connectivity index (χ3v) is 6.81. The molecule has 0 unspecified atom stereocenters. The maximum absolute atomic E-state index is 10.7. The molecular weight excluding hydrogens is 508 g/mol. The Kier molecular flexibility index (Phi) is 6.96. The average Bonchev–Trinajstić information content (AvgIpc) is 2.97. The zero-order chi connectivity index (χ0) is 28.3. The Labute approximate surface area is 239 Å². The van der Waals surface area contributed by atoms with Gasteiger partial charge in [-0.25, -0.2) is 19.9 Å². The normalized spacial score (nSPS) is 10.9. The number of hydrogen-bond donors (Lipinski definition) is 1. The first-order chi connectivity index (χ1) is 19.9. The minimum atomic E-state index is 0.102. The van der Waals surface area contributed by atoms with Crippen LogP contribution >= 0.6 is 0 Å². The van der Waals surface area contributed by atoms with Crippen molar-refractivity contribution < 1.29 is 9.84 Å². The van der Waals surface area contributed by atoms with Gasteiger partial charge in [-0.15, -0.1) is 0 Å². The van der Waals surface area contributed by atoms with E-state index in [0.29, 0.717) is 34.7 Å². The first-order valence-corrected chi connectivity index (χ1v) is 13.4. The van der Waals surface area contributed by atoms with Gasteiger partial charge in [0.1, 0.15) is 11.5 Å². The summed E-state index contributed by atoms with van der Waals surface area (Å²) < 4.78 is 6.18. The van der Waals surface area contributed by atoms with Gasteiger partial charge in [-0.05, 0) is 79.4 Å². The molecule has 0 aliphatic carbocycles. The van der Waals surface area contributed by atoms with Gasteiger partial charge in [-0.1, -0.05) is 66.2 Å². The number of hydrogen-bond acceptors (Lipinski definition) is 6. The summed E-state index contributed by atoms with van der Waals surface area (Å²) in [6, 6.07) is 32.9. The molecule has 6 aromatic rings. The molecule has 0 aliphatic heterocycles. The lowest BCUT2D eigenvalue weighted by Gasteiger charge is -2.14. The minimum absolute atomic E-state index is 0.102. The van der Waals surface area contributed by atoms with Crippen LogP contribution in [-0.4, -0.2) is 25.0 Å². The van der Waals surface area contributed by atoms with Gasteiger partial charge in [-0.2, -0.15) is 0 Å². The summed E-state index contributed by atoms with van der Waals surface area (Å²) >= 11 is 0. The summed E-state index contributed by atoms with van der Waals surface area (Å²) in [5.41, 5.74) is 7.51. The predicted molar refractivity (Wildman–Crippen MR) is 162 cm³/mol. The molecule has 6 heteroatoms. The number of phenols is 1. The second kappa shape index (κ2) is 11.0. The van der Waals surface area contributed by atoms with Gasteiger partial charge in [0.25, 0.3) is 0 Å². The highest BCUT2D eigenvalue weighted by Crippen LogP contribution is 2.35. The number of phenolic OH excluding ortho intramolecular Hbond substituents is 1. The molecule has 0 spiro atoms. The molecule has 41 heavy (non-hydrogen) atoms. The van der Waals surface area contributed by atoms with Gasteiger partial charge >= 0.3 is 0 Å². The van der Waals surface area contributed by atoms with Crippen molar-refractivity contribution in [1.29, 1.82) is 0 Å². The highest BCUT2D eigenvalue weighted by molar-refractivity contribution is 5.76. The third kappa shape index (κ3) is 5.54. The molecule has 6 nitrogen and oxygen atoms in total. The summed E-state index contributed by atoms with van der Waals surface area (Å²) in [4.78, 5) is 19.0. The lowest BCUT2D eigenvalue weighted by atomic mass is 9.99. The Balaban J connectivity index is 1.58. The topological polar surface area (TPSA) is 81.0 Å². The van der Waals surface area contributed by atoms with E-state index in [-0.39, 0.29) is 5.75 Å². The van der Waals surface area contributed by atoms with E-state index in [1.807, 2.05) is 66.7 Å². The number of para-hydroxylation sites is 1. The van der Waals surface area contributed by atoms with Crippen molar-refractivity contribution >= 4 is 0 Å². The van der Waals surface area contributed by atoms with Gasteiger partial charge in [0.05, 0.1) is 5.56 Å². The fraction of sp³-hybridized carbons (Fsp3) is 0.0857. The molecule has 0 saturated heterocycles. The van der Waals surface area contributed by atoms with Crippen LogP contribution in [0.4, 0.5) is 0 Å². The van der Waals surface area contributed by atoms with Crippen LogP contribution in [0.5, 0.6) is 17.4 Å².